The number of aromatic carboxylic acids is 1. The van der Waals surface area contributed by atoms with Crippen molar-refractivity contribution in [1.29, 1.82) is 0 Å². The molecule has 0 bridgehead atoms. The average Bonchev–Trinajstić information content (AvgIpc) is 2.71. The Labute approximate surface area is 117 Å². The molecule has 1 aromatic heterocycles. The van der Waals surface area contributed by atoms with Gasteiger partial charge in [-0.3, -0.25) is 4.90 Å². The van der Waals surface area contributed by atoms with Crippen LogP contribution in [0.2, 0.25) is 0 Å². The molecule has 0 amide bonds. The fraction of sp³-hybridized carbons (Fsp3) is 0.583. The molecule has 7 nitrogen and oxygen atoms in total. The maximum absolute atomic E-state index is 11.4. The first-order valence-electron chi connectivity index (χ1n) is 6.27. The second-order valence-corrected chi connectivity index (χ2v) is 6.92. The van der Waals surface area contributed by atoms with Crippen LogP contribution in [0.3, 0.4) is 0 Å². The lowest BCUT2D eigenvalue weighted by atomic mass is 10.2. The van der Waals surface area contributed by atoms with Crippen LogP contribution in [0.1, 0.15) is 21.9 Å². The number of nitrogens with zero attached hydrogens (tertiary/aromatic N) is 2. The third-order valence-electron chi connectivity index (χ3n) is 3.43. The normalized spacial score (nSPS) is 18.3. The Balaban J connectivity index is 1.98. The quantitative estimate of drug-likeness (QED) is 0.863. The molecule has 2 heterocycles. The fourth-order valence-electron chi connectivity index (χ4n) is 2.24. The predicted molar refractivity (Wildman–Crippen MR) is 72.1 cm³/mol. The van der Waals surface area contributed by atoms with Gasteiger partial charge in [0.1, 0.15) is 5.76 Å². The van der Waals surface area contributed by atoms with E-state index in [9.17, 15) is 13.2 Å². The molecule has 0 radical (unpaired) electrons. The summed E-state index contributed by atoms with van der Waals surface area (Å²) < 4.78 is 29.4. The van der Waals surface area contributed by atoms with Crippen LogP contribution in [0.5, 0.6) is 0 Å². The summed E-state index contributed by atoms with van der Waals surface area (Å²) in [4.78, 5) is 12.9. The van der Waals surface area contributed by atoms with E-state index in [4.69, 9.17) is 9.52 Å². The summed E-state index contributed by atoms with van der Waals surface area (Å²) in [6.07, 6.45) is 1.21. The Morgan fingerprint density at radius 2 is 1.95 bits per heavy atom. The maximum atomic E-state index is 11.4. The molecule has 0 aromatic carbocycles. The molecule has 0 unspecified atom stereocenters. The average molecular weight is 302 g/mol. The first-order chi connectivity index (χ1) is 9.27. The van der Waals surface area contributed by atoms with Gasteiger partial charge in [0.15, 0.2) is 0 Å². The van der Waals surface area contributed by atoms with Crippen molar-refractivity contribution in [3.05, 3.63) is 23.2 Å². The van der Waals surface area contributed by atoms with E-state index in [0.29, 0.717) is 38.5 Å². The van der Waals surface area contributed by atoms with Crippen LogP contribution >= 0.6 is 0 Å². The lowest BCUT2D eigenvalue weighted by Crippen LogP contribution is -2.47. The number of rotatable bonds is 4. The Morgan fingerprint density at radius 1 is 1.35 bits per heavy atom. The second-order valence-electron chi connectivity index (χ2n) is 4.94. The number of carbonyl (C=O) groups is 1. The molecule has 1 N–H and O–H groups in total. The van der Waals surface area contributed by atoms with E-state index < -0.39 is 16.0 Å². The number of furan rings is 1. The van der Waals surface area contributed by atoms with Crippen LogP contribution in [-0.2, 0) is 16.6 Å². The molecular weight excluding hydrogens is 284 g/mol. The number of hydrogen-bond acceptors (Lipinski definition) is 5. The first kappa shape index (κ1) is 15.0. The highest BCUT2D eigenvalue weighted by atomic mass is 32.2. The first-order valence-corrected chi connectivity index (χ1v) is 8.12. The van der Waals surface area contributed by atoms with Gasteiger partial charge in [-0.1, -0.05) is 0 Å². The van der Waals surface area contributed by atoms with Crippen molar-refractivity contribution in [3.63, 3.8) is 0 Å². The molecule has 1 aliphatic rings. The van der Waals surface area contributed by atoms with E-state index in [1.165, 1.54) is 16.6 Å². The van der Waals surface area contributed by atoms with E-state index in [1.807, 2.05) is 0 Å². The minimum Gasteiger partial charge on any atom is -0.475 e. The standard InChI is InChI=1S/C12H18N2O5S/c1-9-10(7-11(19-9)12(15)16)8-13-3-5-14(6-4-13)20(2,17)18/h7H,3-6,8H2,1-2H3,(H,15,16). The van der Waals surface area contributed by atoms with Crippen molar-refractivity contribution in [1.82, 2.24) is 9.21 Å². The fourth-order valence-corrected chi connectivity index (χ4v) is 3.07. The topological polar surface area (TPSA) is 91.1 Å². The molecule has 1 aromatic rings. The number of piperazine rings is 1. The summed E-state index contributed by atoms with van der Waals surface area (Å²) in [6, 6.07) is 1.53. The summed E-state index contributed by atoms with van der Waals surface area (Å²) in [5.41, 5.74) is 0.829. The summed E-state index contributed by atoms with van der Waals surface area (Å²) in [6.45, 7) is 4.47. The van der Waals surface area contributed by atoms with Gasteiger partial charge in [0, 0.05) is 38.3 Å². The van der Waals surface area contributed by atoms with Crippen LogP contribution in [0.4, 0.5) is 0 Å². The van der Waals surface area contributed by atoms with Crippen LogP contribution in [0, 0.1) is 6.92 Å². The number of hydrogen-bond donors (Lipinski definition) is 1. The number of carboxylic acids is 1. The number of carboxylic acid groups (broad SMARTS) is 1. The van der Waals surface area contributed by atoms with Gasteiger partial charge < -0.3 is 9.52 Å². The van der Waals surface area contributed by atoms with Gasteiger partial charge in [0.05, 0.1) is 6.26 Å². The predicted octanol–water partition coefficient (Wildman–Crippen LogP) is 0.363. The highest BCUT2D eigenvalue weighted by Gasteiger charge is 2.24. The van der Waals surface area contributed by atoms with Gasteiger partial charge >= 0.3 is 5.97 Å². The van der Waals surface area contributed by atoms with Gasteiger partial charge in [-0.25, -0.2) is 13.2 Å². The molecular formula is C12H18N2O5S. The minimum atomic E-state index is -3.13. The molecule has 2 rings (SSSR count). The molecule has 0 saturated carbocycles. The molecule has 20 heavy (non-hydrogen) atoms. The van der Waals surface area contributed by atoms with Gasteiger partial charge in [-0.2, -0.15) is 4.31 Å². The summed E-state index contributed by atoms with van der Waals surface area (Å²) in [5.74, 6) is -0.554. The van der Waals surface area contributed by atoms with E-state index in [0.717, 1.165) is 5.56 Å². The molecule has 1 aliphatic heterocycles. The zero-order valence-corrected chi connectivity index (χ0v) is 12.3. The van der Waals surface area contributed by atoms with Gasteiger partial charge in [-0.05, 0) is 13.0 Å². The third kappa shape index (κ3) is 3.38. The maximum Gasteiger partial charge on any atom is 0.371 e. The summed E-state index contributed by atoms with van der Waals surface area (Å²) in [7, 11) is -3.13. The monoisotopic (exact) mass is 302 g/mol. The lowest BCUT2D eigenvalue weighted by Gasteiger charge is -2.33. The van der Waals surface area contributed by atoms with Gasteiger partial charge in [-0.15, -0.1) is 0 Å². The van der Waals surface area contributed by atoms with Crippen molar-refractivity contribution in [3.8, 4) is 0 Å². The Kier molecular flexibility index (Phi) is 4.17. The Hall–Kier alpha value is -1.38. The molecule has 0 aliphatic carbocycles. The second kappa shape index (κ2) is 5.55. The molecule has 0 atom stereocenters. The van der Waals surface area contributed by atoms with Crippen molar-refractivity contribution in [2.24, 2.45) is 0 Å². The molecule has 1 fully saturated rings. The highest BCUT2D eigenvalue weighted by Crippen LogP contribution is 2.18. The van der Waals surface area contributed by atoms with E-state index in [1.54, 1.807) is 6.92 Å². The van der Waals surface area contributed by atoms with Crippen LogP contribution < -0.4 is 0 Å². The van der Waals surface area contributed by atoms with E-state index >= 15 is 0 Å². The lowest BCUT2D eigenvalue weighted by molar-refractivity contribution is 0.0661. The van der Waals surface area contributed by atoms with Gasteiger partial charge in [0.2, 0.25) is 15.8 Å². The molecule has 8 heteroatoms. The van der Waals surface area contributed by atoms with Crippen molar-refractivity contribution in [2.75, 3.05) is 32.4 Å². The smallest absolute Gasteiger partial charge is 0.371 e. The summed E-state index contributed by atoms with van der Waals surface area (Å²) in [5, 5.41) is 8.87. The minimum absolute atomic E-state index is 0.0627. The largest absolute Gasteiger partial charge is 0.475 e. The Morgan fingerprint density at radius 3 is 2.40 bits per heavy atom. The van der Waals surface area contributed by atoms with E-state index in [2.05, 4.69) is 4.90 Å². The SMILES string of the molecule is Cc1oc(C(=O)O)cc1CN1CCN(S(C)(=O)=O)CC1. The zero-order chi connectivity index (χ0) is 14.9. The Bertz CT molecular complexity index is 599. The van der Waals surface area contributed by atoms with Gasteiger partial charge in [0.25, 0.3) is 0 Å². The third-order valence-corrected chi connectivity index (χ3v) is 4.73. The van der Waals surface area contributed by atoms with Crippen molar-refractivity contribution >= 4 is 16.0 Å². The number of sulfonamides is 1. The van der Waals surface area contributed by atoms with E-state index in [-0.39, 0.29) is 5.76 Å². The number of aryl methyl sites for hydroxylation is 1. The van der Waals surface area contributed by atoms with Crippen LogP contribution in [0.15, 0.2) is 10.5 Å². The van der Waals surface area contributed by atoms with Crippen LogP contribution in [-0.4, -0.2) is 61.1 Å². The molecule has 112 valence electrons. The van der Waals surface area contributed by atoms with Crippen LogP contribution in [0.25, 0.3) is 0 Å². The zero-order valence-electron chi connectivity index (χ0n) is 11.5. The van der Waals surface area contributed by atoms with Crippen molar-refractivity contribution in [2.45, 2.75) is 13.5 Å². The highest BCUT2D eigenvalue weighted by molar-refractivity contribution is 7.88. The summed E-state index contributed by atoms with van der Waals surface area (Å²) >= 11 is 0. The molecule has 0 spiro atoms. The molecule has 1 saturated heterocycles. The van der Waals surface area contributed by atoms with Crippen molar-refractivity contribution < 1.29 is 22.7 Å².